The van der Waals surface area contributed by atoms with Crippen LogP contribution in [0.5, 0.6) is 0 Å². The fraction of sp³-hybridized carbons (Fsp3) is 0.321. The number of sulfonamides is 1. The summed E-state index contributed by atoms with van der Waals surface area (Å²) in [5.74, 6) is -0.937. The van der Waals surface area contributed by atoms with Crippen molar-refractivity contribution in [2.45, 2.75) is 56.0 Å². The summed E-state index contributed by atoms with van der Waals surface area (Å²) >= 11 is 6.23. The molecular weight excluding hydrogens is 524 g/mol. The number of carbonyl (C=O) groups is 2. The van der Waals surface area contributed by atoms with E-state index in [2.05, 4.69) is 15.6 Å². The number of rotatable bonds is 7. The first kappa shape index (κ1) is 26.3. The molecule has 1 aliphatic carbocycles. The molecule has 198 valence electrons. The maximum atomic E-state index is 14.0. The summed E-state index contributed by atoms with van der Waals surface area (Å²) < 4.78 is 29.2. The Morgan fingerprint density at radius 3 is 2.55 bits per heavy atom. The molecule has 1 aliphatic heterocycles. The van der Waals surface area contributed by atoms with E-state index in [9.17, 15) is 18.0 Å². The van der Waals surface area contributed by atoms with Crippen LogP contribution >= 0.6 is 11.6 Å². The first-order valence-electron chi connectivity index (χ1n) is 12.5. The molecule has 1 saturated carbocycles. The largest absolute Gasteiger partial charge is 0.355 e. The molecule has 5 rings (SSSR count). The van der Waals surface area contributed by atoms with Gasteiger partial charge in [0.1, 0.15) is 6.04 Å². The van der Waals surface area contributed by atoms with Gasteiger partial charge in [-0.05, 0) is 79.3 Å². The Morgan fingerprint density at radius 2 is 1.84 bits per heavy atom. The van der Waals surface area contributed by atoms with E-state index in [-0.39, 0.29) is 29.2 Å². The summed E-state index contributed by atoms with van der Waals surface area (Å²) in [7, 11) is -4.17. The van der Waals surface area contributed by atoms with Crippen molar-refractivity contribution in [3.8, 4) is 0 Å². The van der Waals surface area contributed by atoms with Gasteiger partial charge >= 0.3 is 0 Å². The van der Waals surface area contributed by atoms with E-state index in [1.165, 1.54) is 6.07 Å². The molecule has 38 heavy (non-hydrogen) atoms. The SMILES string of the molecule is Cc1cc(S(=O)(=O)N2Cc3ccccc3NC(=O)C2CC(=O)NCC2(c3ccncc3)CC2)c(C)cc1Cl. The second-order valence-corrected chi connectivity index (χ2v) is 12.3. The Bertz CT molecular complexity index is 1510. The van der Waals surface area contributed by atoms with E-state index in [0.717, 1.165) is 22.7 Å². The summed E-state index contributed by atoms with van der Waals surface area (Å²) in [6.45, 7) is 3.75. The molecule has 2 aliphatic rings. The van der Waals surface area contributed by atoms with Crippen LogP contribution in [0.25, 0.3) is 0 Å². The lowest BCUT2D eigenvalue weighted by Gasteiger charge is -2.28. The molecule has 1 unspecified atom stereocenters. The van der Waals surface area contributed by atoms with Crippen molar-refractivity contribution in [1.82, 2.24) is 14.6 Å². The molecule has 8 nitrogen and oxygen atoms in total. The third-order valence-electron chi connectivity index (χ3n) is 7.44. The van der Waals surface area contributed by atoms with E-state index in [0.29, 0.717) is 33.9 Å². The maximum absolute atomic E-state index is 14.0. The van der Waals surface area contributed by atoms with Crippen molar-refractivity contribution >= 4 is 39.1 Å². The Kier molecular flexibility index (Phi) is 7.02. The fourth-order valence-electron chi connectivity index (χ4n) is 4.95. The van der Waals surface area contributed by atoms with Gasteiger partial charge in [0.05, 0.1) is 11.3 Å². The number of hydrogen-bond acceptors (Lipinski definition) is 5. The zero-order valence-electron chi connectivity index (χ0n) is 21.2. The molecular formula is C28H29ClN4O4S. The number of amides is 2. The van der Waals surface area contributed by atoms with E-state index in [4.69, 9.17) is 11.6 Å². The molecule has 1 atom stereocenters. The second kappa shape index (κ2) is 10.1. The lowest BCUT2D eigenvalue weighted by molar-refractivity contribution is -0.127. The molecule has 0 saturated heterocycles. The minimum absolute atomic E-state index is 0.0583. The average molecular weight is 553 g/mol. The number of fused-ring (bicyclic) bond motifs is 1. The number of aromatic nitrogens is 1. The van der Waals surface area contributed by atoms with Crippen LogP contribution in [0, 0.1) is 13.8 Å². The summed E-state index contributed by atoms with van der Waals surface area (Å²) in [5.41, 5.74) is 3.20. The van der Waals surface area contributed by atoms with Crippen LogP contribution < -0.4 is 10.6 Å². The normalized spacial score (nSPS) is 18.7. The molecule has 2 amide bonds. The lowest BCUT2D eigenvalue weighted by Crippen LogP contribution is -2.48. The molecule has 3 aromatic rings. The molecule has 1 fully saturated rings. The van der Waals surface area contributed by atoms with Gasteiger partial charge < -0.3 is 10.6 Å². The number of hydrogen-bond donors (Lipinski definition) is 2. The van der Waals surface area contributed by atoms with Crippen LogP contribution in [0.4, 0.5) is 5.69 Å². The van der Waals surface area contributed by atoms with Crippen molar-refractivity contribution in [3.63, 3.8) is 0 Å². The molecule has 1 aromatic heterocycles. The Balaban J connectivity index is 1.44. The Hall–Kier alpha value is -3.27. The predicted octanol–water partition coefficient (Wildman–Crippen LogP) is 4.10. The quantitative estimate of drug-likeness (QED) is 0.459. The first-order chi connectivity index (χ1) is 18.1. The van der Waals surface area contributed by atoms with Gasteiger partial charge in [-0.2, -0.15) is 4.31 Å². The topological polar surface area (TPSA) is 108 Å². The number of carbonyl (C=O) groups excluding carboxylic acids is 2. The highest BCUT2D eigenvalue weighted by atomic mass is 35.5. The summed E-state index contributed by atoms with van der Waals surface area (Å²) in [6, 6.07) is 12.8. The zero-order chi connectivity index (χ0) is 27.1. The van der Waals surface area contributed by atoms with Gasteiger partial charge in [-0.15, -0.1) is 0 Å². The van der Waals surface area contributed by atoms with Crippen LogP contribution in [-0.4, -0.2) is 42.1 Å². The van der Waals surface area contributed by atoms with Gasteiger partial charge in [-0.1, -0.05) is 29.8 Å². The fourth-order valence-corrected chi connectivity index (χ4v) is 7.03. The highest BCUT2D eigenvalue weighted by Crippen LogP contribution is 2.47. The minimum Gasteiger partial charge on any atom is -0.355 e. The van der Waals surface area contributed by atoms with Crippen molar-refractivity contribution in [1.29, 1.82) is 0 Å². The molecule has 2 heterocycles. The molecule has 0 spiro atoms. The zero-order valence-corrected chi connectivity index (χ0v) is 22.8. The Labute approximate surface area is 227 Å². The summed E-state index contributed by atoms with van der Waals surface area (Å²) in [5, 5.41) is 6.24. The van der Waals surface area contributed by atoms with Crippen LogP contribution in [-0.2, 0) is 31.6 Å². The molecule has 0 radical (unpaired) electrons. The van der Waals surface area contributed by atoms with Crippen LogP contribution in [0.15, 0.2) is 65.8 Å². The lowest BCUT2D eigenvalue weighted by atomic mass is 9.97. The van der Waals surface area contributed by atoms with Crippen molar-refractivity contribution in [3.05, 3.63) is 88.2 Å². The van der Waals surface area contributed by atoms with Crippen molar-refractivity contribution in [2.24, 2.45) is 0 Å². The number of anilines is 1. The molecule has 2 N–H and O–H groups in total. The van der Waals surface area contributed by atoms with Crippen LogP contribution in [0.1, 0.15) is 41.5 Å². The number of aryl methyl sites for hydroxylation is 2. The highest BCUT2D eigenvalue weighted by molar-refractivity contribution is 7.89. The van der Waals surface area contributed by atoms with Crippen LogP contribution in [0.2, 0.25) is 5.02 Å². The second-order valence-electron chi connectivity index (χ2n) is 10.1. The number of benzene rings is 2. The maximum Gasteiger partial charge on any atom is 0.244 e. The Morgan fingerprint density at radius 1 is 1.13 bits per heavy atom. The van der Waals surface area contributed by atoms with Gasteiger partial charge in [-0.3, -0.25) is 14.6 Å². The van der Waals surface area contributed by atoms with Gasteiger partial charge in [0.15, 0.2) is 0 Å². The van der Waals surface area contributed by atoms with Gasteiger partial charge in [0.25, 0.3) is 0 Å². The van der Waals surface area contributed by atoms with Gasteiger partial charge in [0, 0.05) is 41.6 Å². The van der Waals surface area contributed by atoms with Gasteiger partial charge in [-0.25, -0.2) is 8.42 Å². The summed E-state index contributed by atoms with van der Waals surface area (Å²) in [6.07, 6.45) is 5.03. The standard InChI is InChI=1S/C28H29ClN4O4S/c1-18-14-25(19(2)13-22(18)29)38(36,37)33-16-20-5-3-4-6-23(20)32-27(35)24(33)15-26(34)31-17-28(9-10-28)21-7-11-30-12-8-21/h3-8,11-14,24H,9-10,15-17H2,1-2H3,(H,31,34)(H,32,35). The van der Waals surface area contributed by atoms with Crippen molar-refractivity contribution < 1.29 is 18.0 Å². The summed E-state index contributed by atoms with van der Waals surface area (Å²) in [4.78, 5) is 30.7. The number of pyridine rings is 1. The minimum atomic E-state index is -4.17. The van der Waals surface area contributed by atoms with E-state index < -0.39 is 22.0 Å². The number of halogens is 1. The molecule has 2 aromatic carbocycles. The number of nitrogens with one attached hydrogen (secondary N) is 2. The highest BCUT2D eigenvalue weighted by Gasteiger charge is 2.45. The van der Waals surface area contributed by atoms with E-state index >= 15 is 0 Å². The predicted molar refractivity (Wildman–Crippen MR) is 145 cm³/mol. The third kappa shape index (κ3) is 5.06. The monoisotopic (exact) mass is 552 g/mol. The van der Waals surface area contributed by atoms with Crippen LogP contribution in [0.3, 0.4) is 0 Å². The smallest absolute Gasteiger partial charge is 0.244 e. The molecule has 10 heteroatoms. The van der Waals surface area contributed by atoms with E-state index in [1.54, 1.807) is 56.6 Å². The van der Waals surface area contributed by atoms with Crippen molar-refractivity contribution in [2.75, 3.05) is 11.9 Å². The van der Waals surface area contributed by atoms with Gasteiger partial charge in [0.2, 0.25) is 21.8 Å². The third-order valence-corrected chi connectivity index (χ3v) is 9.85. The first-order valence-corrected chi connectivity index (χ1v) is 14.3. The average Bonchev–Trinajstić information content (AvgIpc) is 3.70. The number of nitrogens with zero attached hydrogens (tertiary/aromatic N) is 2. The van der Waals surface area contributed by atoms with E-state index in [1.807, 2.05) is 12.1 Å². The molecule has 0 bridgehead atoms. The number of para-hydroxylation sites is 1.